The van der Waals surface area contributed by atoms with E-state index in [0.717, 1.165) is 6.07 Å². The van der Waals surface area contributed by atoms with Gasteiger partial charge in [0.25, 0.3) is 0 Å². The fourth-order valence-electron chi connectivity index (χ4n) is 0.560. The molecule has 0 saturated heterocycles. The van der Waals surface area contributed by atoms with Gasteiger partial charge in [-0.15, -0.1) is 0 Å². The summed E-state index contributed by atoms with van der Waals surface area (Å²) in [4.78, 5) is 0. The average Bonchev–Trinajstić information content (AvgIpc) is 1.97. The van der Waals surface area contributed by atoms with E-state index in [1.54, 1.807) is 22.6 Å². The van der Waals surface area contributed by atoms with E-state index in [2.05, 4.69) is 0 Å². The van der Waals surface area contributed by atoms with Crippen LogP contribution in [0.15, 0.2) is 6.07 Å². The van der Waals surface area contributed by atoms with Gasteiger partial charge in [0.05, 0.1) is 13.6 Å². The molecule has 11 heavy (non-hydrogen) atoms. The largest absolute Gasteiger partial charge is 0.505 e. The summed E-state index contributed by atoms with van der Waals surface area (Å²) in [6.07, 6.45) is 0. The minimum atomic E-state index is -0.833. The van der Waals surface area contributed by atoms with E-state index >= 15 is 0 Å². The molecular formula is C6H2Cl2FIO. The van der Waals surface area contributed by atoms with Gasteiger partial charge in [-0.3, -0.25) is 0 Å². The van der Waals surface area contributed by atoms with Crippen molar-refractivity contribution in [3.63, 3.8) is 0 Å². The van der Waals surface area contributed by atoms with Gasteiger partial charge >= 0.3 is 0 Å². The maximum atomic E-state index is 12.7. The molecule has 0 aliphatic rings. The van der Waals surface area contributed by atoms with Crippen molar-refractivity contribution in [2.24, 2.45) is 0 Å². The lowest BCUT2D eigenvalue weighted by Gasteiger charge is -2.01. The van der Waals surface area contributed by atoms with Crippen LogP contribution in [0.1, 0.15) is 0 Å². The van der Waals surface area contributed by atoms with Gasteiger partial charge in [0.15, 0.2) is 11.6 Å². The lowest BCUT2D eigenvalue weighted by Crippen LogP contribution is -1.84. The Hall–Kier alpha value is 0.260. The second kappa shape index (κ2) is 3.33. The Morgan fingerprint density at radius 3 is 2.55 bits per heavy atom. The lowest BCUT2D eigenvalue weighted by molar-refractivity contribution is 0.432. The van der Waals surface area contributed by atoms with Gasteiger partial charge < -0.3 is 5.11 Å². The Labute approximate surface area is 86.3 Å². The van der Waals surface area contributed by atoms with Crippen molar-refractivity contribution in [1.29, 1.82) is 0 Å². The van der Waals surface area contributed by atoms with Gasteiger partial charge in [0.1, 0.15) is 0 Å². The molecule has 0 amide bonds. The summed E-state index contributed by atoms with van der Waals surface area (Å²) in [5.74, 6) is -1.36. The Bertz CT molecular complexity index is 277. The Balaban J connectivity index is 3.46. The topological polar surface area (TPSA) is 20.2 Å². The first-order valence-corrected chi connectivity index (χ1v) is 4.39. The highest BCUT2D eigenvalue weighted by Crippen LogP contribution is 2.33. The summed E-state index contributed by atoms with van der Waals surface area (Å²) in [5, 5.41) is 8.96. The molecule has 0 heterocycles. The highest BCUT2D eigenvalue weighted by atomic mass is 127. The predicted molar refractivity (Wildman–Crippen MR) is 50.8 cm³/mol. The van der Waals surface area contributed by atoms with Gasteiger partial charge in [-0.1, -0.05) is 23.2 Å². The monoisotopic (exact) mass is 306 g/mol. The Morgan fingerprint density at radius 2 is 2.00 bits per heavy atom. The molecule has 1 aromatic carbocycles. The predicted octanol–water partition coefficient (Wildman–Crippen LogP) is 3.44. The van der Waals surface area contributed by atoms with E-state index in [9.17, 15) is 4.39 Å². The summed E-state index contributed by atoms with van der Waals surface area (Å²) in [6, 6.07) is 1.12. The summed E-state index contributed by atoms with van der Waals surface area (Å²) >= 11 is 12.8. The number of benzene rings is 1. The smallest absolute Gasteiger partial charge is 0.184 e. The zero-order valence-corrected chi connectivity index (χ0v) is 8.71. The molecule has 0 atom stereocenters. The molecule has 5 heteroatoms. The molecule has 0 aromatic heterocycles. The first-order chi connectivity index (χ1) is 5.04. The number of hydrogen-bond acceptors (Lipinski definition) is 1. The van der Waals surface area contributed by atoms with E-state index in [1.165, 1.54) is 0 Å². The van der Waals surface area contributed by atoms with Crippen LogP contribution in [0, 0.1) is 9.39 Å². The van der Waals surface area contributed by atoms with E-state index in [1.807, 2.05) is 0 Å². The van der Waals surface area contributed by atoms with Gasteiger partial charge in [-0.05, 0) is 22.6 Å². The van der Waals surface area contributed by atoms with Crippen LogP contribution in [0.5, 0.6) is 5.75 Å². The third-order valence-corrected chi connectivity index (χ3v) is 3.49. The van der Waals surface area contributed by atoms with Gasteiger partial charge in [0, 0.05) is 6.07 Å². The summed E-state index contributed by atoms with van der Waals surface area (Å²) in [5.41, 5.74) is 0. The normalized spacial score (nSPS) is 10.2. The number of halogens is 4. The summed E-state index contributed by atoms with van der Waals surface area (Å²) in [7, 11) is 0. The van der Waals surface area contributed by atoms with Crippen LogP contribution in [0.4, 0.5) is 4.39 Å². The average molecular weight is 307 g/mol. The van der Waals surface area contributed by atoms with Crippen LogP contribution in [0.2, 0.25) is 10.0 Å². The molecule has 0 radical (unpaired) electrons. The molecule has 1 rings (SSSR count). The van der Waals surface area contributed by atoms with Gasteiger partial charge in [-0.2, -0.15) is 0 Å². The highest BCUT2D eigenvalue weighted by molar-refractivity contribution is 14.1. The number of phenolic OH excluding ortho intramolecular Hbond substituents is 1. The fraction of sp³-hybridized carbons (Fsp3) is 0. The Kier molecular flexibility index (Phi) is 2.83. The molecule has 0 aliphatic carbocycles. The van der Waals surface area contributed by atoms with E-state index in [-0.39, 0.29) is 10.0 Å². The molecule has 1 aromatic rings. The molecule has 0 aliphatic heterocycles. The second-order valence-electron chi connectivity index (χ2n) is 1.82. The minimum absolute atomic E-state index is 0.143. The van der Waals surface area contributed by atoms with Crippen LogP contribution in [0.25, 0.3) is 0 Å². The van der Waals surface area contributed by atoms with E-state index < -0.39 is 11.6 Å². The van der Waals surface area contributed by atoms with Crippen molar-refractivity contribution in [3.8, 4) is 5.75 Å². The van der Waals surface area contributed by atoms with Crippen molar-refractivity contribution in [3.05, 3.63) is 25.5 Å². The molecule has 1 N–H and O–H groups in total. The summed E-state index contributed by atoms with van der Waals surface area (Å²) in [6.45, 7) is 0. The minimum Gasteiger partial charge on any atom is -0.505 e. The molecule has 0 fully saturated rings. The highest BCUT2D eigenvalue weighted by Gasteiger charge is 2.12. The molecule has 60 valence electrons. The zero-order valence-electron chi connectivity index (χ0n) is 5.04. The van der Waals surface area contributed by atoms with E-state index in [4.69, 9.17) is 28.3 Å². The van der Waals surface area contributed by atoms with Crippen LogP contribution in [0.3, 0.4) is 0 Å². The van der Waals surface area contributed by atoms with Crippen LogP contribution in [-0.4, -0.2) is 5.11 Å². The van der Waals surface area contributed by atoms with Crippen molar-refractivity contribution in [2.75, 3.05) is 0 Å². The number of rotatable bonds is 0. The molecular weight excluding hydrogens is 305 g/mol. The number of phenols is 1. The van der Waals surface area contributed by atoms with Gasteiger partial charge in [0.2, 0.25) is 0 Å². The quantitative estimate of drug-likeness (QED) is 0.442. The van der Waals surface area contributed by atoms with Crippen molar-refractivity contribution >= 4 is 45.8 Å². The zero-order chi connectivity index (χ0) is 8.59. The maximum Gasteiger partial charge on any atom is 0.184 e. The van der Waals surface area contributed by atoms with E-state index in [0.29, 0.717) is 3.57 Å². The molecule has 1 nitrogen and oxygen atoms in total. The van der Waals surface area contributed by atoms with Gasteiger partial charge in [-0.25, -0.2) is 4.39 Å². The first kappa shape index (κ1) is 9.35. The molecule has 0 unspecified atom stereocenters. The number of aromatic hydroxyl groups is 1. The molecule has 0 saturated carbocycles. The SMILES string of the molecule is Oc1cc(Cl)c(I)c(Cl)c1F. The molecule has 0 bridgehead atoms. The van der Waals surface area contributed by atoms with Crippen molar-refractivity contribution in [1.82, 2.24) is 0 Å². The van der Waals surface area contributed by atoms with Crippen LogP contribution < -0.4 is 0 Å². The Morgan fingerprint density at radius 1 is 1.45 bits per heavy atom. The fourth-order valence-corrected chi connectivity index (χ4v) is 1.40. The lowest BCUT2D eigenvalue weighted by atomic mass is 10.3. The summed E-state index contributed by atoms with van der Waals surface area (Å²) < 4.78 is 13.1. The number of hydrogen-bond donors (Lipinski definition) is 1. The first-order valence-electron chi connectivity index (χ1n) is 2.56. The standard InChI is InChI=1S/C6H2Cl2FIO/c7-2-1-3(11)5(9)4(8)6(2)10/h1,11H. The van der Waals surface area contributed by atoms with Crippen molar-refractivity contribution in [2.45, 2.75) is 0 Å². The maximum absolute atomic E-state index is 12.7. The van der Waals surface area contributed by atoms with Crippen LogP contribution in [-0.2, 0) is 0 Å². The third kappa shape index (κ3) is 1.71. The van der Waals surface area contributed by atoms with Crippen LogP contribution >= 0.6 is 45.8 Å². The molecule has 0 spiro atoms. The van der Waals surface area contributed by atoms with Crippen molar-refractivity contribution < 1.29 is 9.50 Å². The third-order valence-electron chi connectivity index (χ3n) is 1.08. The second-order valence-corrected chi connectivity index (χ2v) is 3.68.